The maximum Gasteiger partial charge on any atom is 0.235 e. The zero-order valence-electron chi connectivity index (χ0n) is 18.6. The molecular formula is C24H35NO5. The molecule has 30 heavy (non-hydrogen) atoms. The van der Waals surface area contributed by atoms with Crippen molar-refractivity contribution < 1.29 is 24.6 Å². The molecule has 7 atom stereocenters. The summed E-state index contributed by atoms with van der Waals surface area (Å²) in [5.74, 6) is -1.75. The van der Waals surface area contributed by atoms with Gasteiger partial charge in [-0.2, -0.15) is 0 Å². The van der Waals surface area contributed by atoms with Gasteiger partial charge >= 0.3 is 0 Å². The Labute approximate surface area is 178 Å². The van der Waals surface area contributed by atoms with Crippen LogP contribution in [0.2, 0.25) is 0 Å². The van der Waals surface area contributed by atoms with Crippen molar-refractivity contribution in [2.75, 3.05) is 0 Å². The molecule has 0 bridgehead atoms. The van der Waals surface area contributed by atoms with Gasteiger partial charge in [0.25, 0.3) is 0 Å². The number of aliphatic hydroxyl groups excluding tert-OH is 2. The third-order valence-electron chi connectivity index (χ3n) is 7.38. The molecule has 0 saturated carbocycles. The van der Waals surface area contributed by atoms with E-state index in [0.29, 0.717) is 12.3 Å². The highest BCUT2D eigenvalue weighted by Gasteiger charge is 2.65. The molecule has 0 radical (unpaired) electrons. The zero-order chi connectivity index (χ0) is 22.4. The lowest BCUT2D eigenvalue weighted by molar-refractivity contribution is -0.149. The molecule has 1 aliphatic heterocycles. The van der Waals surface area contributed by atoms with E-state index >= 15 is 0 Å². The van der Waals surface area contributed by atoms with Gasteiger partial charge < -0.3 is 15.5 Å². The fourth-order valence-electron chi connectivity index (χ4n) is 5.77. The van der Waals surface area contributed by atoms with E-state index in [1.165, 1.54) is 0 Å². The van der Waals surface area contributed by atoms with Gasteiger partial charge in [0.1, 0.15) is 17.6 Å². The molecule has 1 fully saturated rings. The molecule has 3 aliphatic rings. The lowest BCUT2D eigenvalue weighted by atomic mass is 9.54. The molecule has 1 spiro atoms. The van der Waals surface area contributed by atoms with E-state index in [0.717, 1.165) is 17.6 Å². The second-order valence-corrected chi connectivity index (χ2v) is 9.94. The lowest BCUT2D eigenvalue weighted by Gasteiger charge is -2.45. The fraction of sp³-hybridized carbons (Fsp3) is 0.708. The van der Waals surface area contributed by atoms with Gasteiger partial charge in [0.15, 0.2) is 11.6 Å². The predicted octanol–water partition coefficient (Wildman–Crippen LogP) is 2.34. The number of carbonyl (C=O) groups is 3. The lowest BCUT2D eigenvalue weighted by Crippen LogP contribution is -2.53. The van der Waals surface area contributed by atoms with Gasteiger partial charge in [-0.3, -0.25) is 14.4 Å². The van der Waals surface area contributed by atoms with Crippen LogP contribution in [-0.4, -0.2) is 45.9 Å². The van der Waals surface area contributed by atoms with Crippen molar-refractivity contribution in [2.45, 2.75) is 78.6 Å². The first kappa shape index (κ1) is 22.9. The highest BCUT2D eigenvalue weighted by molar-refractivity contribution is 6.10. The summed E-state index contributed by atoms with van der Waals surface area (Å²) in [6.45, 7) is 10.2. The van der Waals surface area contributed by atoms with Gasteiger partial charge in [-0.05, 0) is 44.9 Å². The highest BCUT2D eigenvalue weighted by Crippen LogP contribution is 2.55. The summed E-state index contributed by atoms with van der Waals surface area (Å²) >= 11 is 0. The topological polar surface area (TPSA) is 104 Å². The van der Waals surface area contributed by atoms with Crippen LogP contribution in [0.3, 0.4) is 0 Å². The van der Waals surface area contributed by atoms with Gasteiger partial charge in [-0.25, -0.2) is 0 Å². The molecule has 6 heteroatoms. The number of rotatable bonds is 2. The van der Waals surface area contributed by atoms with Crippen molar-refractivity contribution in [3.63, 3.8) is 0 Å². The Kier molecular flexibility index (Phi) is 6.40. The van der Waals surface area contributed by atoms with Crippen LogP contribution in [0.1, 0.15) is 60.3 Å². The van der Waals surface area contributed by atoms with Crippen molar-refractivity contribution in [2.24, 2.45) is 29.1 Å². The minimum atomic E-state index is -1.60. The molecule has 0 aromatic rings. The quantitative estimate of drug-likeness (QED) is 0.473. The Morgan fingerprint density at radius 3 is 2.43 bits per heavy atom. The summed E-state index contributed by atoms with van der Waals surface area (Å²) in [6.07, 6.45) is 2.04. The third-order valence-corrected chi connectivity index (χ3v) is 7.38. The van der Waals surface area contributed by atoms with Crippen molar-refractivity contribution >= 4 is 17.5 Å². The van der Waals surface area contributed by atoms with E-state index in [4.69, 9.17) is 0 Å². The fourth-order valence-corrected chi connectivity index (χ4v) is 5.77. The van der Waals surface area contributed by atoms with Crippen LogP contribution in [0.25, 0.3) is 0 Å². The summed E-state index contributed by atoms with van der Waals surface area (Å²) < 4.78 is 0. The van der Waals surface area contributed by atoms with Gasteiger partial charge in [0.2, 0.25) is 5.91 Å². The number of ketones is 2. The van der Waals surface area contributed by atoms with E-state index in [2.05, 4.69) is 26.1 Å². The SMILES string of the molecule is CC1=C[C@@H]2/C=C(\C)CC[C@H](O)C(=O)[C@H](O)CC(=O)[C@]23C(=O)N[C@H](CC(C)C)[C@@H]3[C@H]1C. The van der Waals surface area contributed by atoms with Crippen molar-refractivity contribution in [3.05, 3.63) is 23.3 Å². The van der Waals surface area contributed by atoms with Crippen molar-refractivity contribution in [3.8, 4) is 0 Å². The summed E-state index contributed by atoms with van der Waals surface area (Å²) in [4.78, 5) is 39.7. The number of allylic oxidation sites excluding steroid dienone is 4. The number of nitrogens with one attached hydrogen (secondary N) is 1. The van der Waals surface area contributed by atoms with Gasteiger partial charge in [-0.1, -0.05) is 44.1 Å². The molecule has 1 heterocycles. The largest absolute Gasteiger partial charge is 0.385 e. The van der Waals surface area contributed by atoms with E-state index < -0.39 is 41.5 Å². The van der Waals surface area contributed by atoms with Crippen LogP contribution >= 0.6 is 0 Å². The van der Waals surface area contributed by atoms with Crippen LogP contribution in [-0.2, 0) is 14.4 Å². The van der Waals surface area contributed by atoms with Crippen LogP contribution in [0, 0.1) is 29.1 Å². The van der Waals surface area contributed by atoms with Crippen LogP contribution in [0.15, 0.2) is 23.3 Å². The maximum absolute atomic E-state index is 13.7. The minimum absolute atomic E-state index is 0.0187. The minimum Gasteiger partial charge on any atom is -0.385 e. The highest BCUT2D eigenvalue weighted by atomic mass is 16.3. The Hall–Kier alpha value is -1.79. The van der Waals surface area contributed by atoms with Gasteiger partial charge in [0, 0.05) is 24.3 Å². The van der Waals surface area contributed by atoms with E-state index in [1.54, 1.807) is 0 Å². The second-order valence-electron chi connectivity index (χ2n) is 9.94. The maximum atomic E-state index is 13.7. The first-order chi connectivity index (χ1) is 14.0. The summed E-state index contributed by atoms with van der Waals surface area (Å²) in [6, 6.07) is -0.139. The van der Waals surface area contributed by atoms with E-state index in [1.807, 2.05) is 26.0 Å². The molecule has 3 N–H and O–H groups in total. The number of aliphatic hydroxyl groups is 2. The van der Waals surface area contributed by atoms with Gasteiger partial charge in [0.05, 0.1) is 0 Å². The standard InChI is InChI=1S/C24H35NO5/c1-12(2)8-17-21-15(5)14(4)10-16-9-13(3)6-7-18(26)22(29)19(27)11-20(28)24(16,21)23(30)25-17/h9-10,12,15-19,21,26-27H,6-8,11H2,1-5H3,(H,25,30)/b13-9+/t15-,16-,17+,18-,19+,21-,24+/m0/s1. The number of hydrogen-bond donors (Lipinski definition) is 3. The molecule has 0 aromatic heterocycles. The van der Waals surface area contributed by atoms with Crippen molar-refractivity contribution in [1.82, 2.24) is 5.32 Å². The molecule has 166 valence electrons. The molecule has 1 amide bonds. The summed E-state index contributed by atoms with van der Waals surface area (Å²) in [5.41, 5.74) is 0.734. The van der Waals surface area contributed by atoms with Crippen molar-refractivity contribution in [1.29, 1.82) is 0 Å². The number of amides is 1. The average Bonchev–Trinajstić information content (AvgIpc) is 2.94. The average molecular weight is 418 g/mol. The first-order valence-electron chi connectivity index (χ1n) is 11.1. The summed E-state index contributed by atoms with van der Waals surface area (Å²) in [5, 5.41) is 23.7. The van der Waals surface area contributed by atoms with E-state index in [9.17, 15) is 24.6 Å². The number of Topliss-reactive ketones (excluding diaryl/α,β-unsaturated/α-hetero) is 2. The molecule has 0 unspecified atom stereocenters. The van der Waals surface area contributed by atoms with E-state index in [-0.39, 0.29) is 30.2 Å². The smallest absolute Gasteiger partial charge is 0.235 e. The van der Waals surface area contributed by atoms with Crippen LogP contribution in [0.4, 0.5) is 0 Å². The number of carbonyl (C=O) groups excluding carboxylic acids is 3. The Morgan fingerprint density at radius 1 is 1.13 bits per heavy atom. The second kappa shape index (κ2) is 8.39. The molecule has 6 nitrogen and oxygen atoms in total. The first-order valence-corrected chi connectivity index (χ1v) is 11.1. The van der Waals surface area contributed by atoms with Crippen LogP contribution in [0.5, 0.6) is 0 Å². The molecule has 2 aliphatic carbocycles. The Bertz CT molecular complexity index is 797. The molecule has 0 aromatic carbocycles. The monoisotopic (exact) mass is 417 g/mol. The predicted molar refractivity (Wildman–Crippen MR) is 113 cm³/mol. The zero-order valence-corrected chi connectivity index (χ0v) is 18.6. The third kappa shape index (κ3) is 3.69. The molecular weight excluding hydrogens is 382 g/mol. The Morgan fingerprint density at radius 2 is 1.80 bits per heavy atom. The molecule has 1 saturated heterocycles. The summed E-state index contributed by atoms with van der Waals surface area (Å²) in [7, 11) is 0. The van der Waals surface area contributed by atoms with Crippen LogP contribution < -0.4 is 5.32 Å². The Balaban J connectivity index is 2.19. The van der Waals surface area contributed by atoms with Gasteiger partial charge in [-0.15, -0.1) is 0 Å². The normalized spacial score (nSPS) is 41.9. The molecule has 3 rings (SSSR count). The number of hydrogen-bond acceptors (Lipinski definition) is 5.